The first-order chi connectivity index (χ1) is 11.1. The molecule has 0 aliphatic carbocycles. The molecule has 2 aromatic rings. The first-order valence-electron chi connectivity index (χ1n) is 7.65. The van der Waals surface area contributed by atoms with E-state index in [4.69, 9.17) is 0 Å². The Bertz CT molecular complexity index is 711. The number of aromatic nitrogens is 3. The van der Waals surface area contributed by atoms with Gasteiger partial charge in [-0.15, -0.1) is 0 Å². The van der Waals surface area contributed by atoms with Crippen LogP contribution in [0.15, 0.2) is 30.7 Å². The Morgan fingerprint density at radius 1 is 1.43 bits per heavy atom. The second kappa shape index (κ2) is 6.60. The van der Waals surface area contributed by atoms with E-state index in [9.17, 15) is 9.59 Å². The van der Waals surface area contributed by atoms with Crippen LogP contribution in [-0.2, 0) is 11.8 Å². The van der Waals surface area contributed by atoms with Gasteiger partial charge in [0, 0.05) is 50.2 Å². The van der Waals surface area contributed by atoms with Crippen LogP contribution in [-0.4, -0.2) is 39.2 Å². The Hall–Kier alpha value is -2.70. The highest BCUT2D eigenvalue weighted by molar-refractivity contribution is 5.99. The fourth-order valence-corrected chi connectivity index (χ4v) is 2.73. The van der Waals surface area contributed by atoms with Crippen molar-refractivity contribution in [3.8, 4) is 11.3 Å². The lowest BCUT2D eigenvalue weighted by Crippen LogP contribution is -2.32. The molecule has 7 nitrogen and oxygen atoms in total. The van der Waals surface area contributed by atoms with Crippen LogP contribution in [0, 0.1) is 0 Å². The van der Waals surface area contributed by atoms with Crippen LogP contribution >= 0.6 is 0 Å². The third-order valence-corrected chi connectivity index (χ3v) is 3.89. The van der Waals surface area contributed by atoms with E-state index in [2.05, 4.69) is 20.7 Å². The molecule has 0 aromatic carbocycles. The Morgan fingerprint density at radius 2 is 2.22 bits per heavy atom. The van der Waals surface area contributed by atoms with Crippen molar-refractivity contribution in [1.29, 1.82) is 0 Å². The largest absolute Gasteiger partial charge is 0.353 e. The SMILES string of the molecule is Cn1cc(C(=O)NCC[C@H]2CCC(=O)N2)c(-c2ccncc2)n1. The van der Waals surface area contributed by atoms with Gasteiger partial charge in [0.25, 0.3) is 5.91 Å². The van der Waals surface area contributed by atoms with E-state index in [0.717, 1.165) is 18.4 Å². The monoisotopic (exact) mass is 313 g/mol. The summed E-state index contributed by atoms with van der Waals surface area (Å²) >= 11 is 0. The molecule has 1 atom stereocenters. The van der Waals surface area contributed by atoms with E-state index < -0.39 is 0 Å². The van der Waals surface area contributed by atoms with Crippen molar-refractivity contribution in [3.05, 3.63) is 36.3 Å². The molecule has 23 heavy (non-hydrogen) atoms. The fourth-order valence-electron chi connectivity index (χ4n) is 2.73. The van der Waals surface area contributed by atoms with E-state index in [1.165, 1.54) is 0 Å². The molecule has 0 spiro atoms. The van der Waals surface area contributed by atoms with Crippen molar-refractivity contribution in [2.75, 3.05) is 6.54 Å². The summed E-state index contributed by atoms with van der Waals surface area (Å²) in [5.74, 6) is -0.0669. The maximum atomic E-state index is 12.4. The Labute approximate surface area is 134 Å². The van der Waals surface area contributed by atoms with E-state index in [1.807, 2.05) is 12.1 Å². The zero-order chi connectivity index (χ0) is 16.2. The maximum Gasteiger partial charge on any atom is 0.255 e. The molecule has 3 heterocycles. The van der Waals surface area contributed by atoms with Crippen LogP contribution in [0.1, 0.15) is 29.6 Å². The van der Waals surface area contributed by atoms with Crippen LogP contribution in [0.2, 0.25) is 0 Å². The van der Waals surface area contributed by atoms with Gasteiger partial charge in [-0.25, -0.2) is 0 Å². The molecule has 2 N–H and O–H groups in total. The minimum absolute atomic E-state index is 0.0913. The van der Waals surface area contributed by atoms with E-state index in [0.29, 0.717) is 24.2 Å². The average molecular weight is 313 g/mol. The Morgan fingerprint density at radius 3 is 2.91 bits per heavy atom. The summed E-state index contributed by atoms with van der Waals surface area (Å²) in [4.78, 5) is 27.6. The number of amides is 2. The van der Waals surface area contributed by atoms with Crippen LogP contribution in [0.3, 0.4) is 0 Å². The van der Waals surface area contributed by atoms with Gasteiger partial charge in [-0.05, 0) is 25.0 Å². The van der Waals surface area contributed by atoms with Gasteiger partial charge < -0.3 is 10.6 Å². The summed E-state index contributed by atoms with van der Waals surface area (Å²) in [6.07, 6.45) is 7.21. The normalized spacial score (nSPS) is 17.1. The number of pyridine rings is 1. The van der Waals surface area contributed by atoms with E-state index in [-0.39, 0.29) is 17.9 Å². The molecule has 1 aliphatic heterocycles. The topological polar surface area (TPSA) is 88.9 Å². The molecule has 1 aliphatic rings. The average Bonchev–Trinajstić information content (AvgIpc) is 3.14. The second-order valence-corrected chi connectivity index (χ2v) is 5.65. The molecule has 1 fully saturated rings. The predicted molar refractivity (Wildman–Crippen MR) is 84.6 cm³/mol. The lowest BCUT2D eigenvalue weighted by molar-refractivity contribution is -0.119. The minimum atomic E-state index is -0.158. The molecular weight excluding hydrogens is 294 g/mol. The Balaban J connectivity index is 1.64. The van der Waals surface area contributed by atoms with Crippen molar-refractivity contribution < 1.29 is 9.59 Å². The smallest absolute Gasteiger partial charge is 0.255 e. The van der Waals surface area contributed by atoms with Crippen LogP contribution in [0.4, 0.5) is 0 Å². The summed E-state index contributed by atoms with van der Waals surface area (Å²) < 4.78 is 1.63. The van der Waals surface area contributed by atoms with Crippen LogP contribution < -0.4 is 10.6 Å². The highest BCUT2D eigenvalue weighted by Crippen LogP contribution is 2.21. The summed E-state index contributed by atoms with van der Waals surface area (Å²) in [5, 5.41) is 10.2. The van der Waals surface area contributed by atoms with Gasteiger partial charge in [0.1, 0.15) is 5.69 Å². The summed E-state index contributed by atoms with van der Waals surface area (Å²) in [6.45, 7) is 0.522. The number of rotatable bonds is 5. The highest BCUT2D eigenvalue weighted by Gasteiger charge is 2.21. The first kappa shape index (κ1) is 15.2. The van der Waals surface area contributed by atoms with Crippen LogP contribution in [0.25, 0.3) is 11.3 Å². The lowest BCUT2D eigenvalue weighted by Gasteiger charge is -2.10. The van der Waals surface area contributed by atoms with Gasteiger partial charge in [0.15, 0.2) is 0 Å². The number of carbonyl (C=O) groups is 2. The standard InChI is InChI=1S/C16H19N5O2/c1-21-10-13(15(20-21)11-4-7-17-8-5-11)16(23)18-9-6-12-2-3-14(22)19-12/h4-5,7-8,10,12H,2-3,6,9H2,1H3,(H,18,23)(H,19,22)/t12-/m1/s1. The van der Waals surface area contributed by atoms with Crippen molar-refractivity contribution >= 4 is 11.8 Å². The van der Waals surface area contributed by atoms with Gasteiger partial charge in [0.2, 0.25) is 5.91 Å². The zero-order valence-electron chi connectivity index (χ0n) is 13.0. The molecule has 0 unspecified atom stereocenters. The summed E-state index contributed by atoms with van der Waals surface area (Å²) in [7, 11) is 1.79. The predicted octanol–water partition coefficient (Wildman–Crippen LogP) is 0.881. The lowest BCUT2D eigenvalue weighted by atomic mass is 10.1. The number of carbonyl (C=O) groups excluding carboxylic acids is 2. The van der Waals surface area contributed by atoms with Gasteiger partial charge >= 0.3 is 0 Å². The maximum absolute atomic E-state index is 12.4. The van der Waals surface area contributed by atoms with Gasteiger partial charge in [-0.2, -0.15) is 5.10 Å². The molecule has 7 heteroatoms. The minimum Gasteiger partial charge on any atom is -0.353 e. The molecule has 120 valence electrons. The third kappa shape index (κ3) is 3.56. The van der Waals surface area contributed by atoms with Gasteiger partial charge in [-0.1, -0.05) is 0 Å². The van der Waals surface area contributed by atoms with Crippen molar-refractivity contribution in [2.24, 2.45) is 7.05 Å². The molecule has 0 radical (unpaired) electrons. The summed E-state index contributed by atoms with van der Waals surface area (Å²) in [5.41, 5.74) is 2.03. The third-order valence-electron chi connectivity index (χ3n) is 3.89. The van der Waals surface area contributed by atoms with E-state index >= 15 is 0 Å². The zero-order valence-corrected chi connectivity index (χ0v) is 13.0. The van der Waals surface area contributed by atoms with Gasteiger partial charge in [-0.3, -0.25) is 19.3 Å². The molecule has 1 saturated heterocycles. The highest BCUT2D eigenvalue weighted by atomic mass is 16.2. The number of hydrogen-bond acceptors (Lipinski definition) is 4. The number of nitrogens with zero attached hydrogens (tertiary/aromatic N) is 3. The molecule has 2 amide bonds. The molecule has 3 rings (SSSR count). The molecule has 2 aromatic heterocycles. The number of nitrogens with one attached hydrogen (secondary N) is 2. The second-order valence-electron chi connectivity index (χ2n) is 5.65. The quantitative estimate of drug-likeness (QED) is 0.857. The van der Waals surface area contributed by atoms with Crippen LogP contribution in [0.5, 0.6) is 0 Å². The number of hydrogen-bond donors (Lipinski definition) is 2. The molecule has 0 saturated carbocycles. The molecule has 0 bridgehead atoms. The fraction of sp³-hybridized carbons (Fsp3) is 0.375. The van der Waals surface area contributed by atoms with Crippen molar-refractivity contribution in [1.82, 2.24) is 25.4 Å². The van der Waals surface area contributed by atoms with Crippen molar-refractivity contribution in [2.45, 2.75) is 25.3 Å². The summed E-state index contributed by atoms with van der Waals surface area (Å²) in [6, 6.07) is 3.82. The number of aryl methyl sites for hydroxylation is 1. The molecular formula is C16H19N5O2. The van der Waals surface area contributed by atoms with Crippen molar-refractivity contribution in [3.63, 3.8) is 0 Å². The Kier molecular flexibility index (Phi) is 4.36. The van der Waals surface area contributed by atoms with Gasteiger partial charge in [0.05, 0.1) is 5.56 Å². The van der Waals surface area contributed by atoms with E-state index in [1.54, 1.807) is 30.3 Å². The first-order valence-corrected chi connectivity index (χ1v) is 7.65.